The molecule has 100 valence electrons. The number of hydrogen-bond donors (Lipinski definition) is 0. The van der Waals surface area contributed by atoms with Gasteiger partial charge in [-0.2, -0.15) is 0 Å². The van der Waals surface area contributed by atoms with E-state index in [1.807, 2.05) is 4.90 Å². The van der Waals surface area contributed by atoms with Crippen molar-refractivity contribution in [2.75, 3.05) is 6.54 Å². The maximum Gasteiger partial charge on any atom is 0.223 e. The van der Waals surface area contributed by atoms with Gasteiger partial charge in [-0.1, -0.05) is 6.92 Å². The molecule has 5 nitrogen and oxygen atoms in total. The highest BCUT2D eigenvalue weighted by Gasteiger charge is 2.25. The van der Waals surface area contributed by atoms with Crippen LogP contribution in [0.25, 0.3) is 0 Å². The van der Waals surface area contributed by atoms with Crippen LogP contribution < -0.4 is 0 Å². The Morgan fingerprint density at radius 1 is 1.44 bits per heavy atom. The van der Waals surface area contributed by atoms with Crippen molar-refractivity contribution in [3.63, 3.8) is 0 Å². The molecule has 18 heavy (non-hydrogen) atoms. The van der Waals surface area contributed by atoms with E-state index in [0.29, 0.717) is 30.7 Å². The van der Waals surface area contributed by atoms with Crippen molar-refractivity contribution in [2.24, 2.45) is 0 Å². The van der Waals surface area contributed by atoms with Gasteiger partial charge < -0.3 is 9.32 Å². The Morgan fingerprint density at radius 2 is 2.28 bits per heavy atom. The Bertz CT molecular complexity index is 403. The van der Waals surface area contributed by atoms with E-state index in [2.05, 4.69) is 17.1 Å². The zero-order chi connectivity index (χ0) is 13.0. The van der Waals surface area contributed by atoms with Crippen LogP contribution in [0.15, 0.2) is 4.42 Å². The quantitative estimate of drug-likeness (QED) is 0.822. The second-order valence-corrected chi connectivity index (χ2v) is 4.86. The molecule has 0 saturated carbocycles. The molecule has 0 N–H and O–H groups in total. The van der Waals surface area contributed by atoms with Crippen LogP contribution >= 0.6 is 0 Å². The molecule has 0 spiro atoms. The van der Waals surface area contributed by atoms with Gasteiger partial charge in [-0.15, -0.1) is 10.2 Å². The average Bonchev–Trinajstić information content (AvgIpc) is 2.81. The molecule has 1 aliphatic heterocycles. The van der Waals surface area contributed by atoms with E-state index in [4.69, 9.17) is 4.42 Å². The largest absolute Gasteiger partial charge is 0.426 e. The summed E-state index contributed by atoms with van der Waals surface area (Å²) in [6, 6.07) is 0.427. The molecule has 2 rings (SSSR count). The van der Waals surface area contributed by atoms with Crippen LogP contribution in [0, 0.1) is 6.92 Å². The molecule has 0 aromatic carbocycles. The SMILES string of the molecule is CCC1CCCCN1C(=O)CCc1nnc(C)o1. The third-order valence-corrected chi connectivity index (χ3v) is 3.54. The van der Waals surface area contributed by atoms with Gasteiger partial charge >= 0.3 is 0 Å². The van der Waals surface area contributed by atoms with Crippen LogP contribution in [0.4, 0.5) is 0 Å². The van der Waals surface area contributed by atoms with Gasteiger partial charge in [0.15, 0.2) is 0 Å². The molecule has 0 aliphatic carbocycles. The Morgan fingerprint density at radius 3 is 2.94 bits per heavy atom. The van der Waals surface area contributed by atoms with Crippen LogP contribution in [0.1, 0.15) is 50.8 Å². The lowest BCUT2D eigenvalue weighted by atomic mass is 9.99. The van der Waals surface area contributed by atoms with Gasteiger partial charge in [-0.3, -0.25) is 4.79 Å². The predicted octanol–water partition coefficient (Wildman–Crippen LogP) is 2.10. The van der Waals surface area contributed by atoms with E-state index in [1.165, 1.54) is 6.42 Å². The van der Waals surface area contributed by atoms with Gasteiger partial charge in [-0.05, 0) is 25.7 Å². The van der Waals surface area contributed by atoms with Gasteiger partial charge in [0.05, 0.1) is 0 Å². The number of aromatic nitrogens is 2. The summed E-state index contributed by atoms with van der Waals surface area (Å²) in [7, 11) is 0. The molecule has 1 saturated heterocycles. The average molecular weight is 251 g/mol. The summed E-state index contributed by atoms with van der Waals surface area (Å²) in [5.74, 6) is 1.34. The third-order valence-electron chi connectivity index (χ3n) is 3.54. The first-order chi connectivity index (χ1) is 8.70. The van der Waals surface area contributed by atoms with E-state index in [1.54, 1.807) is 6.92 Å². The predicted molar refractivity (Wildman–Crippen MR) is 67.0 cm³/mol. The summed E-state index contributed by atoms with van der Waals surface area (Å²) in [4.78, 5) is 14.2. The lowest BCUT2D eigenvalue weighted by Crippen LogP contribution is -2.43. The van der Waals surface area contributed by atoms with Crippen molar-refractivity contribution >= 4 is 5.91 Å². The summed E-state index contributed by atoms with van der Waals surface area (Å²) in [5, 5.41) is 7.68. The Hall–Kier alpha value is -1.39. The summed E-state index contributed by atoms with van der Waals surface area (Å²) in [6.45, 7) is 4.81. The van der Waals surface area contributed by atoms with Crippen molar-refractivity contribution in [3.8, 4) is 0 Å². The Kier molecular flexibility index (Phi) is 4.33. The summed E-state index contributed by atoms with van der Waals surface area (Å²) in [6.07, 6.45) is 5.57. The summed E-state index contributed by atoms with van der Waals surface area (Å²) < 4.78 is 5.28. The number of carbonyl (C=O) groups excluding carboxylic acids is 1. The molecule has 1 amide bonds. The minimum Gasteiger partial charge on any atom is -0.426 e. The topological polar surface area (TPSA) is 59.2 Å². The maximum absolute atomic E-state index is 12.2. The molecular weight excluding hydrogens is 230 g/mol. The number of rotatable bonds is 4. The fraction of sp³-hybridized carbons (Fsp3) is 0.769. The van der Waals surface area contributed by atoms with Crippen LogP contribution in [0.5, 0.6) is 0 Å². The van der Waals surface area contributed by atoms with Crippen LogP contribution in [0.3, 0.4) is 0 Å². The van der Waals surface area contributed by atoms with Crippen molar-refractivity contribution in [2.45, 2.75) is 58.4 Å². The summed E-state index contributed by atoms with van der Waals surface area (Å²) >= 11 is 0. The smallest absolute Gasteiger partial charge is 0.223 e. The second kappa shape index (κ2) is 5.98. The molecule has 1 atom stereocenters. The lowest BCUT2D eigenvalue weighted by molar-refractivity contribution is -0.135. The maximum atomic E-state index is 12.2. The number of likely N-dealkylation sites (tertiary alicyclic amines) is 1. The zero-order valence-corrected chi connectivity index (χ0v) is 11.2. The van der Waals surface area contributed by atoms with Crippen molar-refractivity contribution in [3.05, 3.63) is 11.8 Å². The van der Waals surface area contributed by atoms with Crippen LogP contribution in [0.2, 0.25) is 0 Å². The van der Waals surface area contributed by atoms with Gasteiger partial charge in [0.1, 0.15) is 0 Å². The van der Waals surface area contributed by atoms with E-state index in [0.717, 1.165) is 25.8 Å². The molecule has 1 unspecified atom stereocenters. The zero-order valence-electron chi connectivity index (χ0n) is 11.2. The Labute approximate surface area is 108 Å². The van der Waals surface area contributed by atoms with Gasteiger partial charge in [-0.25, -0.2) is 0 Å². The molecule has 1 aromatic heterocycles. The highest BCUT2D eigenvalue weighted by atomic mass is 16.4. The normalized spacial score (nSPS) is 20.1. The molecule has 0 radical (unpaired) electrons. The van der Waals surface area contributed by atoms with Gasteiger partial charge in [0.2, 0.25) is 17.7 Å². The lowest BCUT2D eigenvalue weighted by Gasteiger charge is -2.35. The van der Waals surface area contributed by atoms with Gasteiger partial charge in [0, 0.05) is 32.4 Å². The molecule has 1 aromatic rings. The van der Waals surface area contributed by atoms with Crippen molar-refractivity contribution in [1.29, 1.82) is 0 Å². The van der Waals surface area contributed by atoms with E-state index in [-0.39, 0.29) is 5.91 Å². The standard InChI is InChI=1S/C13H21N3O2/c1-3-11-6-4-5-9-16(11)13(17)8-7-12-15-14-10(2)18-12/h11H,3-9H2,1-2H3. The number of piperidine rings is 1. The van der Waals surface area contributed by atoms with E-state index in [9.17, 15) is 4.79 Å². The first-order valence-corrected chi connectivity index (χ1v) is 6.79. The molecule has 0 bridgehead atoms. The molecule has 2 heterocycles. The first kappa shape index (κ1) is 13.1. The van der Waals surface area contributed by atoms with Crippen molar-refractivity contribution < 1.29 is 9.21 Å². The molecule has 1 fully saturated rings. The fourth-order valence-corrected chi connectivity index (χ4v) is 2.55. The fourth-order valence-electron chi connectivity index (χ4n) is 2.55. The number of amides is 1. The number of hydrogen-bond acceptors (Lipinski definition) is 4. The highest BCUT2D eigenvalue weighted by molar-refractivity contribution is 5.76. The number of aryl methyl sites for hydroxylation is 2. The highest BCUT2D eigenvalue weighted by Crippen LogP contribution is 2.20. The molecular formula is C13H21N3O2. The molecule has 5 heteroatoms. The van der Waals surface area contributed by atoms with E-state index < -0.39 is 0 Å². The first-order valence-electron chi connectivity index (χ1n) is 6.79. The monoisotopic (exact) mass is 251 g/mol. The minimum atomic E-state index is 0.220. The number of nitrogens with zero attached hydrogens (tertiary/aromatic N) is 3. The van der Waals surface area contributed by atoms with Crippen LogP contribution in [-0.2, 0) is 11.2 Å². The van der Waals surface area contributed by atoms with Gasteiger partial charge in [0.25, 0.3) is 0 Å². The Balaban J connectivity index is 1.86. The summed E-state index contributed by atoms with van der Waals surface area (Å²) in [5.41, 5.74) is 0. The van der Waals surface area contributed by atoms with E-state index >= 15 is 0 Å². The molecule has 1 aliphatic rings. The second-order valence-electron chi connectivity index (χ2n) is 4.86. The van der Waals surface area contributed by atoms with Crippen LogP contribution in [-0.4, -0.2) is 33.6 Å². The third kappa shape index (κ3) is 3.09. The van der Waals surface area contributed by atoms with Crippen molar-refractivity contribution in [1.82, 2.24) is 15.1 Å². The number of carbonyl (C=O) groups is 1. The minimum absolute atomic E-state index is 0.220.